The summed E-state index contributed by atoms with van der Waals surface area (Å²) in [6.45, 7) is 6.33. The second-order valence-electron chi connectivity index (χ2n) is 9.84. The van der Waals surface area contributed by atoms with E-state index in [1.54, 1.807) is 0 Å². The fourth-order valence-electron chi connectivity index (χ4n) is 4.59. The lowest BCUT2D eigenvalue weighted by Gasteiger charge is -2.48. The van der Waals surface area contributed by atoms with E-state index in [1.165, 1.54) is 0 Å². The lowest BCUT2D eigenvalue weighted by Crippen LogP contribution is -2.68. The van der Waals surface area contributed by atoms with Crippen LogP contribution in [0.1, 0.15) is 48.5 Å². The summed E-state index contributed by atoms with van der Waals surface area (Å²) in [5.74, 6) is -5.68. The van der Waals surface area contributed by atoms with Crippen molar-refractivity contribution in [2.75, 3.05) is 13.2 Å². The van der Waals surface area contributed by atoms with Crippen LogP contribution in [0, 0.1) is 0 Å². The zero-order chi connectivity index (χ0) is 33.3. The number of nitrogens with one attached hydrogen (secondary N) is 1. The van der Waals surface area contributed by atoms with Crippen molar-refractivity contribution in [3.05, 3.63) is 0 Å². The minimum absolute atomic E-state index is 0.559. The van der Waals surface area contributed by atoms with Crippen molar-refractivity contribution >= 4 is 41.7 Å². The molecule has 248 valence electrons. The van der Waals surface area contributed by atoms with E-state index in [-0.39, 0.29) is 0 Å². The maximum atomic E-state index is 12.2. The van der Waals surface area contributed by atoms with Gasteiger partial charge in [0.2, 0.25) is 5.91 Å². The minimum Gasteiger partial charge on any atom is -0.463 e. The number of carbonyl (C=O) groups excluding carboxylic acids is 7. The fraction of sp³-hybridized carbons (Fsp3) is 0.731. The SMILES string of the molecule is CC(=O)N[C@H]1C(OC(C)=O)[C@H](O[C@@H]2OC(COC(C)=O)[C@H](OC(C)=O)C(OC(C)=O)[C@@H]2OC(C)=O)C(COC(C)=O)O[C@H]1O. The molecule has 0 bridgehead atoms. The molecule has 1 amide bonds. The third-order valence-corrected chi connectivity index (χ3v) is 6.03. The maximum absolute atomic E-state index is 12.2. The number of amides is 1. The van der Waals surface area contributed by atoms with E-state index >= 15 is 0 Å². The first-order valence-corrected chi connectivity index (χ1v) is 13.4. The molecule has 0 aliphatic carbocycles. The molecule has 18 heteroatoms. The lowest BCUT2D eigenvalue weighted by atomic mass is 9.95. The summed E-state index contributed by atoms with van der Waals surface area (Å²) in [5.41, 5.74) is 0. The van der Waals surface area contributed by atoms with Gasteiger partial charge in [0.15, 0.2) is 37.0 Å². The monoisotopic (exact) mass is 635 g/mol. The molecule has 0 aromatic carbocycles. The summed E-state index contributed by atoms with van der Waals surface area (Å²) >= 11 is 0. The number of rotatable bonds is 11. The van der Waals surface area contributed by atoms with Gasteiger partial charge in [-0.2, -0.15) is 0 Å². The molecular weight excluding hydrogens is 598 g/mol. The fourth-order valence-corrected chi connectivity index (χ4v) is 4.59. The van der Waals surface area contributed by atoms with E-state index < -0.39 is 116 Å². The van der Waals surface area contributed by atoms with Gasteiger partial charge in [-0.25, -0.2) is 0 Å². The van der Waals surface area contributed by atoms with E-state index in [4.69, 9.17) is 42.6 Å². The van der Waals surface area contributed by atoms with Gasteiger partial charge >= 0.3 is 35.8 Å². The molecule has 10 atom stereocenters. The van der Waals surface area contributed by atoms with Crippen molar-refractivity contribution in [3.63, 3.8) is 0 Å². The average molecular weight is 636 g/mol. The van der Waals surface area contributed by atoms with Gasteiger partial charge < -0.3 is 53.1 Å². The molecule has 2 aliphatic rings. The van der Waals surface area contributed by atoms with Gasteiger partial charge in [-0.05, 0) is 0 Å². The maximum Gasteiger partial charge on any atom is 0.303 e. The second kappa shape index (κ2) is 16.3. The summed E-state index contributed by atoms with van der Waals surface area (Å²) in [6, 6.07) is -1.43. The number of aliphatic hydroxyl groups excluding tert-OH is 1. The zero-order valence-electron chi connectivity index (χ0n) is 25.2. The molecular formula is C26H37NO17. The Morgan fingerprint density at radius 2 is 1.00 bits per heavy atom. The van der Waals surface area contributed by atoms with E-state index in [0.29, 0.717) is 0 Å². The molecule has 0 aromatic heterocycles. The molecule has 18 nitrogen and oxygen atoms in total. The van der Waals surface area contributed by atoms with Crippen molar-refractivity contribution in [2.24, 2.45) is 0 Å². The first-order valence-electron chi connectivity index (χ1n) is 13.4. The molecule has 2 aliphatic heterocycles. The number of carbonyl (C=O) groups is 7. The Balaban J connectivity index is 2.66. The third kappa shape index (κ3) is 10.7. The molecule has 4 unspecified atom stereocenters. The van der Waals surface area contributed by atoms with Gasteiger partial charge in [-0.1, -0.05) is 0 Å². The summed E-state index contributed by atoms with van der Waals surface area (Å²) < 4.78 is 49.2. The number of ether oxygens (including phenoxy) is 9. The Hall–Kier alpha value is -3.87. The number of hydrogen-bond donors (Lipinski definition) is 2. The van der Waals surface area contributed by atoms with Gasteiger partial charge in [0.05, 0.1) is 0 Å². The zero-order valence-corrected chi connectivity index (χ0v) is 25.2. The number of esters is 6. The van der Waals surface area contributed by atoms with Crippen LogP contribution in [0.15, 0.2) is 0 Å². The molecule has 2 heterocycles. The highest BCUT2D eigenvalue weighted by Gasteiger charge is 2.56. The molecule has 0 aromatic rings. The molecule has 0 spiro atoms. The molecule has 2 saturated heterocycles. The molecule has 0 saturated carbocycles. The highest BCUT2D eigenvalue weighted by molar-refractivity contribution is 5.73. The van der Waals surface area contributed by atoms with Crippen LogP contribution in [0.2, 0.25) is 0 Å². The molecule has 2 fully saturated rings. The summed E-state index contributed by atoms with van der Waals surface area (Å²) in [6.07, 6.45) is -14.2. The average Bonchev–Trinajstić information content (AvgIpc) is 2.87. The quantitative estimate of drug-likeness (QED) is 0.188. The Kier molecular flexibility index (Phi) is 13.4. The van der Waals surface area contributed by atoms with Crippen molar-refractivity contribution in [1.29, 1.82) is 0 Å². The number of aliphatic hydroxyl groups is 1. The topological polar surface area (TPSA) is 235 Å². The predicted molar refractivity (Wildman–Crippen MR) is 138 cm³/mol. The van der Waals surface area contributed by atoms with Gasteiger partial charge in [0, 0.05) is 48.5 Å². The summed E-state index contributed by atoms with van der Waals surface area (Å²) in [4.78, 5) is 83.6. The Morgan fingerprint density at radius 3 is 1.45 bits per heavy atom. The Morgan fingerprint density at radius 1 is 0.568 bits per heavy atom. The van der Waals surface area contributed by atoms with E-state index in [2.05, 4.69) is 5.32 Å². The van der Waals surface area contributed by atoms with Crippen LogP contribution < -0.4 is 5.32 Å². The third-order valence-electron chi connectivity index (χ3n) is 6.03. The largest absolute Gasteiger partial charge is 0.463 e. The second-order valence-corrected chi connectivity index (χ2v) is 9.84. The first kappa shape index (κ1) is 36.3. The number of hydrogen-bond acceptors (Lipinski definition) is 17. The van der Waals surface area contributed by atoms with Crippen molar-refractivity contribution in [1.82, 2.24) is 5.32 Å². The van der Waals surface area contributed by atoms with Gasteiger partial charge in [0.25, 0.3) is 0 Å². The molecule has 2 N–H and O–H groups in total. The predicted octanol–water partition coefficient (Wildman–Crippen LogP) is -1.83. The Bertz CT molecular complexity index is 1090. The van der Waals surface area contributed by atoms with Gasteiger partial charge in [0.1, 0.15) is 37.6 Å². The Labute approximate surface area is 251 Å². The van der Waals surface area contributed by atoms with Crippen LogP contribution >= 0.6 is 0 Å². The molecule has 44 heavy (non-hydrogen) atoms. The lowest BCUT2D eigenvalue weighted by molar-refractivity contribution is -0.347. The van der Waals surface area contributed by atoms with E-state index in [0.717, 1.165) is 48.5 Å². The summed E-state index contributed by atoms with van der Waals surface area (Å²) in [7, 11) is 0. The van der Waals surface area contributed by atoms with Crippen molar-refractivity contribution in [2.45, 2.75) is 110 Å². The molecule has 2 rings (SSSR count). The van der Waals surface area contributed by atoms with Crippen molar-refractivity contribution in [3.8, 4) is 0 Å². The van der Waals surface area contributed by atoms with Crippen LogP contribution in [0.4, 0.5) is 0 Å². The highest BCUT2D eigenvalue weighted by atomic mass is 16.8. The van der Waals surface area contributed by atoms with Gasteiger partial charge in [-0.15, -0.1) is 0 Å². The van der Waals surface area contributed by atoms with Crippen LogP contribution in [0.25, 0.3) is 0 Å². The first-order chi connectivity index (χ1) is 20.5. The minimum atomic E-state index is -1.79. The van der Waals surface area contributed by atoms with Crippen LogP contribution in [0.5, 0.6) is 0 Å². The van der Waals surface area contributed by atoms with Crippen LogP contribution in [-0.2, 0) is 76.2 Å². The van der Waals surface area contributed by atoms with E-state index in [1.807, 2.05) is 0 Å². The van der Waals surface area contributed by atoms with Crippen LogP contribution in [-0.4, -0.2) is 121 Å². The smallest absolute Gasteiger partial charge is 0.303 e. The molecule has 0 radical (unpaired) electrons. The highest BCUT2D eigenvalue weighted by Crippen LogP contribution is 2.34. The van der Waals surface area contributed by atoms with E-state index in [9.17, 15) is 38.7 Å². The van der Waals surface area contributed by atoms with Crippen LogP contribution in [0.3, 0.4) is 0 Å². The standard InChI is InChI=1S/C26H37NO17/c1-10(28)27-19-22(39-14(5)32)20(17(42-25(19)35)8-36-11(2)29)44-26-24(41-16(7)34)23(40-15(6)33)21(38-13(4)31)18(43-26)9-37-12(3)30/h17-26,35H,8-9H2,1-7H3,(H,27,28)/t17?,18?,19-,20+,21-,22?,23?,24-,25+,26-/m0/s1. The van der Waals surface area contributed by atoms with Gasteiger partial charge in [-0.3, -0.25) is 33.6 Å². The normalized spacial score (nSPS) is 31.5. The van der Waals surface area contributed by atoms with Crippen molar-refractivity contribution < 1.29 is 81.3 Å². The summed E-state index contributed by atoms with van der Waals surface area (Å²) in [5, 5.41) is 13.1.